The summed E-state index contributed by atoms with van der Waals surface area (Å²) >= 11 is 11.8. The number of hydrogen-bond donors (Lipinski definition) is 2. The molecule has 2 N–H and O–H groups in total. The van der Waals surface area contributed by atoms with E-state index in [4.69, 9.17) is 23.2 Å². The standard InChI is InChI=1S/C16H9Cl2N3O/c17-11-6-9(15(22)12(18)7-11)5-10(8-19)16-20-13-3-1-2-4-14(13)21-16/h1-7,22H,(H,20,21)/b10-5+. The molecule has 1 aromatic heterocycles. The number of phenols is 1. The highest BCUT2D eigenvalue weighted by Crippen LogP contribution is 2.33. The zero-order chi connectivity index (χ0) is 15.7. The fourth-order valence-corrected chi connectivity index (χ4v) is 2.59. The number of imidazole rings is 1. The molecule has 0 radical (unpaired) electrons. The van der Waals surface area contributed by atoms with Gasteiger partial charge in [-0.15, -0.1) is 0 Å². The molecule has 0 aliphatic carbocycles. The maximum absolute atomic E-state index is 9.98. The number of phenolic OH excluding ortho intramolecular Hbond substituents is 1. The van der Waals surface area contributed by atoms with Gasteiger partial charge in [0.15, 0.2) is 0 Å². The lowest BCUT2D eigenvalue weighted by molar-refractivity contribution is 0.474. The van der Waals surface area contributed by atoms with Crippen LogP contribution in [0.3, 0.4) is 0 Å². The summed E-state index contributed by atoms with van der Waals surface area (Å²) < 4.78 is 0. The van der Waals surface area contributed by atoms with Crippen LogP contribution < -0.4 is 0 Å². The van der Waals surface area contributed by atoms with Gasteiger partial charge in [-0.3, -0.25) is 0 Å². The van der Waals surface area contributed by atoms with Gasteiger partial charge in [0, 0.05) is 10.6 Å². The summed E-state index contributed by atoms with van der Waals surface area (Å²) in [7, 11) is 0. The first-order chi connectivity index (χ1) is 10.6. The maximum atomic E-state index is 9.98. The number of benzene rings is 2. The fraction of sp³-hybridized carbons (Fsp3) is 0. The van der Waals surface area contributed by atoms with Crippen LogP contribution in [0.5, 0.6) is 5.75 Å². The molecule has 6 heteroatoms. The van der Waals surface area contributed by atoms with Crippen molar-refractivity contribution in [2.45, 2.75) is 0 Å². The number of aromatic hydroxyl groups is 1. The highest BCUT2D eigenvalue weighted by molar-refractivity contribution is 6.35. The van der Waals surface area contributed by atoms with Crippen LogP contribution >= 0.6 is 23.2 Å². The molecule has 0 saturated carbocycles. The minimum absolute atomic E-state index is 0.126. The fourth-order valence-electron chi connectivity index (χ4n) is 2.09. The van der Waals surface area contributed by atoms with Crippen molar-refractivity contribution in [3.8, 4) is 11.8 Å². The van der Waals surface area contributed by atoms with Crippen LogP contribution in [0.15, 0.2) is 36.4 Å². The van der Waals surface area contributed by atoms with Gasteiger partial charge in [0.05, 0.1) is 21.6 Å². The molecule has 0 bridgehead atoms. The average molecular weight is 330 g/mol. The molecule has 0 fully saturated rings. The van der Waals surface area contributed by atoms with Gasteiger partial charge < -0.3 is 10.1 Å². The number of nitrogens with zero attached hydrogens (tertiary/aromatic N) is 2. The third-order valence-corrected chi connectivity index (χ3v) is 3.63. The van der Waals surface area contributed by atoms with E-state index in [2.05, 4.69) is 16.0 Å². The Hall–Kier alpha value is -2.48. The Balaban J connectivity index is 2.13. The van der Waals surface area contributed by atoms with E-state index in [-0.39, 0.29) is 16.3 Å². The largest absolute Gasteiger partial charge is 0.506 e. The van der Waals surface area contributed by atoms with Gasteiger partial charge in [0.1, 0.15) is 17.6 Å². The molecule has 0 spiro atoms. The van der Waals surface area contributed by atoms with Crippen molar-refractivity contribution in [1.29, 1.82) is 5.26 Å². The van der Waals surface area contributed by atoms with Crippen LogP contribution in [0.25, 0.3) is 22.7 Å². The van der Waals surface area contributed by atoms with Crippen LogP contribution in [-0.2, 0) is 0 Å². The van der Waals surface area contributed by atoms with Crippen molar-refractivity contribution in [3.05, 3.63) is 57.8 Å². The SMILES string of the molecule is N#C/C(=C\c1cc(Cl)cc(Cl)c1O)c1nc2ccccc2[nH]1. The zero-order valence-electron chi connectivity index (χ0n) is 11.1. The lowest BCUT2D eigenvalue weighted by Crippen LogP contribution is -1.86. The molecular formula is C16H9Cl2N3O. The van der Waals surface area contributed by atoms with Gasteiger partial charge >= 0.3 is 0 Å². The van der Waals surface area contributed by atoms with Crippen molar-refractivity contribution in [3.63, 3.8) is 0 Å². The van der Waals surface area contributed by atoms with Crippen LogP contribution in [0.2, 0.25) is 10.0 Å². The molecule has 1 heterocycles. The van der Waals surface area contributed by atoms with Crippen LogP contribution in [-0.4, -0.2) is 15.1 Å². The molecule has 3 rings (SSSR count). The van der Waals surface area contributed by atoms with Gasteiger partial charge in [-0.25, -0.2) is 4.98 Å². The number of para-hydroxylation sites is 2. The molecule has 0 aliphatic heterocycles. The van der Waals surface area contributed by atoms with Crippen molar-refractivity contribution < 1.29 is 5.11 Å². The molecule has 4 nitrogen and oxygen atoms in total. The van der Waals surface area contributed by atoms with Crippen molar-refractivity contribution >= 4 is 45.9 Å². The number of fused-ring (bicyclic) bond motifs is 1. The molecule has 0 saturated heterocycles. The number of halogens is 2. The van der Waals surface area contributed by atoms with Crippen molar-refractivity contribution in [2.24, 2.45) is 0 Å². The van der Waals surface area contributed by atoms with Gasteiger partial charge in [0.2, 0.25) is 0 Å². The summed E-state index contributed by atoms with van der Waals surface area (Å²) in [6.07, 6.45) is 1.49. The van der Waals surface area contributed by atoms with Crippen molar-refractivity contribution in [1.82, 2.24) is 9.97 Å². The second-order valence-electron chi connectivity index (χ2n) is 4.60. The minimum atomic E-state index is -0.130. The van der Waals surface area contributed by atoms with E-state index >= 15 is 0 Å². The highest BCUT2D eigenvalue weighted by Gasteiger charge is 2.11. The van der Waals surface area contributed by atoms with Crippen molar-refractivity contribution in [2.75, 3.05) is 0 Å². The lowest BCUT2D eigenvalue weighted by atomic mass is 10.1. The summed E-state index contributed by atoms with van der Waals surface area (Å²) in [5.41, 5.74) is 2.21. The summed E-state index contributed by atoms with van der Waals surface area (Å²) in [6, 6.07) is 12.5. The van der Waals surface area contributed by atoms with E-state index in [0.29, 0.717) is 16.4 Å². The van der Waals surface area contributed by atoms with E-state index in [0.717, 1.165) is 11.0 Å². The number of nitrogens with one attached hydrogen (secondary N) is 1. The van der Waals surface area contributed by atoms with Gasteiger partial charge in [-0.1, -0.05) is 35.3 Å². The quantitative estimate of drug-likeness (QED) is 0.672. The average Bonchev–Trinajstić information content (AvgIpc) is 2.93. The first-order valence-electron chi connectivity index (χ1n) is 6.33. The Bertz CT molecular complexity index is 905. The number of aromatic amines is 1. The molecule has 108 valence electrons. The second kappa shape index (κ2) is 5.72. The molecule has 22 heavy (non-hydrogen) atoms. The topological polar surface area (TPSA) is 72.7 Å². The maximum Gasteiger partial charge on any atom is 0.149 e. The monoisotopic (exact) mass is 329 g/mol. The zero-order valence-corrected chi connectivity index (χ0v) is 12.7. The number of H-pyrrole nitrogens is 1. The second-order valence-corrected chi connectivity index (χ2v) is 5.44. The number of nitriles is 1. The minimum Gasteiger partial charge on any atom is -0.506 e. The van der Waals surface area contributed by atoms with E-state index in [1.54, 1.807) is 0 Å². The number of rotatable bonds is 2. The Kier molecular flexibility index (Phi) is 3.76. The molecular weight excluding hydrogens is 321 g/mol. The first-order valence-corrected chi connectivity index (χ1v) is 7.09. The van der Waals surface area contributed by atoms with E-state index in [9.17, 15) is 10.4 Å². The third-order valence-electron chi connectivity index (χ3n) is 3.12. The Morgan fingerprint density at radius 2 is 2.05 bits per heavy atom. The highest BCUT2D eigenvalue weighted by atomic mass is 35.5. The van der Waals surface area contributed by atoms with Crippen LogP contribution in [0.4, 0.5) is 0 Å². The van der Waals surface area contributed by atoms with E-state index in [1.165, 1.54) is 18.2 Å². The van der Waals surface area contributed by atoms with Crippen LogP contribution in [0.1, 0.15) is 11.4 Å². The summed E-state index contributed by atoms with van der Waals surface area (Å²) in [4.78, 5) is 7.43. The van der Waals surface area contributed by atoms with Gasteiger partial charge in [0.25, 0.3) is 0 Å². The summed E-state index contributed by atoms with van der Waals surface area (Å²) in [6.45, 7) is 0. The van der Waals surface area contributed by atoms with Gasteiger partial charge in [-0.2, -0.15) is 5.26 Å². The number of allylic oxidation sites excluding steroid dienone is 1. The normalized spacial score (nSPS) is 11.6. The molecule has 0 unspecified atom stereocenters. The predicted octanol–water partition coefficient (Wildman–Crippen LogP) is 4.64. The smallest absolute Gasteiger partial charge is 0.149 e. The molecule has 0 aliphatic rings. The van der Waals surface area contributed by atoms with Gasteiger partial charge in [-0.05, 0) is 30.3 Å². The molecule has 2 aromatic carbocycles. The van der Waals surface area contributed by atoms with E-state index < -0.39 is 0 Å². The molecule has 0 atom stereocenters. The molecule has 0 amide bonds. The Morgan fingerprint density at radius 3 is 2.77 bits per heavy atom. The third kappa shape index (κ3) is 2.64. The Morgan fingerprint density at radius 1 is 1.27 bits per heavy atom. The number of aromatic nitrogens is 2. The predicted molar refractivity (Wildman–Crippen MR) is 87.7 cm³/mol. The Labute approximate surface area is 136 Å². The first kappa shape index (κ1) is 14.5. The summed E-state index contributed by atoms with van der Waals surface area (Å²) in [5, 5.41) is 19.8. The van der Waals surface area contributed by atoms with E-state index in [1.807, 2.05) is 24.3 Å². The lowest BCUT2D eigenvalue weighted by Gasteiger charge is -2.03. The number of hydrogen-bond acceptors (Lipinski definition) is 3. The van der Waals surface area contributed by atoms with Crippen LogP contribution in [0, 0.1) is 11.3 Å². The molecule has 3 aromatic rings. The summed E-state index contributed by atoms with van der Waals surface area (Å²) in [5.74, 6) is 0.286.